The highest BCUT2D eigenvalue weighted by molar-refractivity contribution is 9.10. The quantitative estimate of drug-likeness (QED) is 0.768. The molecule has 0 heterocycles. The maximum atomic E-state index is 13.6. The van der Waals surface area contributed by atoms with E-state index >= 15 is 0 Å². The smallest absolute Gasteiger partial charge is 0.149 e. The molecule has 1 rings (SSSR count). The molecule has 0 bridgehead atoms. The Morgan fingerprint density at radius 3 is 2.69 bits per heavy atom. The van der Waals surface area contributed by atoms with Crippen molar-refractivity contribution in [3.63, 3.8) is 0 Å². The lowest BCUT2D eigenvalue weighted by atomic mass is 10.0. The number of hydrogen-bond donors (Lipinski definition) is 0. The zero-order chi connectivity index (χ0) is 12.3. The van der Waals surface area contributed by atoms with E-state index in [0.717, 1.165) is 0 Å². The minimum Gasteiger partial charge on any atom is -0.298 e. The summed E-state index contributed by atoms with van der Waals surface area (Å²) >= 11 is 8.94. The number of carbonyl (C=O) groups excluding carboxylic acids is 1. The lowest BCUT2D eigenvalue weighted by Crippen LogP contribution is -2.22. The highest BCUT2D eigenvalue weighted by Gasteiger charge is 2.20. The topological polar surface area (TPSA) is 17.1 Å². The zero-order valence-electron chi connectivity index (χ0n) is 9.14. The van der Waals surface area contributed by atoms with Crippen molar-refractivity contribution in [2.24, 2.45) is 5.92 Å². The van der Waals surface area contributed by atoms with Crippen LogP contribution in [-0.2, 0) is 11.2 Å². The summed E-state index contributed by atoms with van der Waals surface area (Å²) in [6, 6.07) is 4.82. The van der Waals surface area contributed by atoms with E-state index in [-0.39, 0.29) is 21.6 Å². The molecule has 0 aliphatic rings. The molecule has 0 aromatic heterocycles. The van der Waals surface area contributed by atoms with Crippen LogP contribution in [-0.4, -0.2) is 10.6 Å². The molecule has 1 unspecified atom stereocenters. The Bertz CT molecular complexity index is 393. The maximum Gasteiger partial charge on any atom is 0.149 e. The van der Waals surface area contributed by atoms with Crippen LogP contribution in [0.3, 0.4) is 0 Å². The Labute approximate surface area is 108 Å². The molecule has 1 aromatic carbocycles. The molecule has 0 amide bonds. The first-order valence-corrected chi connectivity index (χ1v) is 6.33. The van der Waals surface area contributed by atoms with Gasteiger partial charge >= 0.3 is 0 Å². The number of carbonyl (C=O) groups is 1. The van der Waals surface area contributed by atoms with Gasteiger partial charge in [0.2, 0.25) is 0 Å². The van der Waals surface area contributed by atoms with Crippen LogP contribution < -0.4 is 0 Å². The Balaban J connectivity index is 2.81. The number of hydrogen-bond acceptors (Lipinski definition) is 1. The van der Waals surface area contributed by atoms with Crippen molar-refractivity contribution in [3.05, 3.63) is 34.6 Å². The molecule has 1 nitrogen and oxygen atoms in total. The summed E-state index contributed by atoms with van der Waals surface area (Å²) in [6.07, 6.45) is 0.323. The van der Waals surface area contributed by atoms with Gasteiger partial charge in [0.15, 0.2) is 0 Å². The second kappa shape index (κ2) is 5.78. The van der Waals surface area contributed by atoms with Crippen LogP contribution in [0.2, 0.25) is 5.02 Å². The number of alkyl halides is 1. The summed E-state index contributed by atoms with van der Waals surface area (Å²) in [7, 11) is 0. The summed E-state index contributed by atoms with van der Waals surface area (Å²) in [5, 5.41) is 0.0918. The summed E-state index contributed by atoms with van der Waals surface area (Å²) < 4.78 is 13.6. The Morgan fingerprint density at radius 2 is 2.12 bits per heavy atom. The molecule has 0 N–H and O–H groups in total. The van der Waals surface area contributed by atoms with E-state index < -0.39 is 5.82 Å². The average Bonchev–Trinajstić information content (AvgIpc) is 2.23. The van der Waals surface area contributed by atoms with E-state index in [2.05, 4.69) is 15.9 Å². The van der Waals surface area contributed by atoms with Gasteiger partial charge in [-0.15, -0.1) is 0 Å². The minimum absolute atomic E-state index is 0.0633. The van der Waals surface area contributed by atoms with Crippen molar-refractivity contribution in [2.75, 3.05) is 0 Å². The molecule has 0 saturated carbocycles. The molecule has 0 saturated heterocycles. The van der Waals surface area contributed by atoms with E-state index in [1.165, 1.54) is 6.07 Å². The molecule has 16 heavy (non-hydrogen) atoms. The molecule has 0 aliphatic heterocycles. The first-order valence-electron chi connectivity index (χ1n) is 5.04. The maximum absolute atomic E-state index is 13.6. The first kappa shape index (κ1) is 13.7. The van der Waals surface area contributed by atoms with Gasteiger partial charge in [-0.25, -0.2) is 4.39 Å². The Morgan fingerprint density at radius 1 is 1.50 bits per heavy atom. The van der Waals surface area contributed by atoms with E-state index in [9.17, 15) is 9.18 Å². The molecular formula is C12H13BrClFO. The molecule has 0 fully saturated rings. The van der Waals surface area contributed by atoms with Crippen LogP contribution in [0.25, 0.3) is 0 Å². The number of Topliss-reactive ketones (excluding diaryl/α,β-unsaturated/α-hetero) is 1. The van der Waals surface area contributed by atoms with Crippen molar-refractivity contribution in [1.82, 2.24) is 0 Å². The van der Waals surface area contributed by atoms with Crippen LogP contribution in [0.5, 0.6) is 0 Å². The van der Waals surface area contributed by atoms with Crippen LogP contribution in [0.4, 0.5) is 4.39 Å². The second-order valence-corrected chi connectivity index (χ2v) is 5.45. The third-order valence-corrected chi connectivity index (χ3v) is 3.38. The van der Waals surface area contributed by atoms with Gasteiger partial charge in [0, 0.05) is 5.92 Å². The number of ketones is 1. The third-order valence-electron chi connectivity index (χ3n) is 2.31. The summed E-state index contributed by atoms with van der Waals surface area (Å²) in [5.41, 5.74) is 0.461. The summed E-state index contributed by atoms with van der Waals surface area (Å²) in [4.78, 5) is 11.3. The van der Waals surface area contributed by atoms with Crippen LogP contribution in [0.1, 0.15) is 19.4 Å². The van der Waals surface area contributed by atoms with Crippen LogP contribution in [0, 0.1) is 11.7 Å². The van der Waals surface area contributed by atoms with Crippen molar-refractivity contribution < 1.29 is 9.18 Å². The lowest BCUT2D eigenvalue weighted by Gasteiger charge is -2.12. The second-order valence-electron chi connectivity index (χ2n) is 3.94. The zero-order valence-corrected chi connectivity index (χ0v) is 11.5. The largest absolute Gasteiger partial charge is 0.298 e. The minimum atomic E-state index is -0.440. The molecule has 0 aliphatic carbocycles. The molecule has 88 valence electrons. The van der Waals surface area contributed by atoms with Gasteiger partial charge in [-0.2, -0.15) is 0 Å². The van der Waals surface area contributed by atoms with Crippen LogP contribution >= 0.6 is 27.5 Å². The van der Waals surface area contributed by atoms with Crippen molar-refractivity contribution in [1.29, 1.82) is 0 Å². The van der Waals surface area contributed by atoms with E-state index in [4.69, 9.17) is 11.6 Å². The van der Waals surface area contributed by atoms with Gasteiger partial charge in [0.05, 0.1) is 9.85 Å². The SMILES string of the molecule is CC(C)C(=O)C(Br)Cc1cccc(Cl)c1F. The van der Waals surface area contributed by atoms with Crippen molar-refractivity contribution in [2.45, 2.75) is 25.1 Å². The normalized spacial score (nSPS) is 12.9. The number of rotatable bonds is 4. The Kier molecular flexibility index (Phi) is 4.93. The number of halogens is 3. The first-order chi connectivity index (χ1) is 7.43. The average molecular weight is 308 g/mol. The fraction of sp³-hybridized carbons (Fsp3) is 0.417. The molecule has 0 spiro atoms. The van der Waals surface area contributed by atoms with Crippen LogP contribution in [0.15, 0.2) is 18.2 Å². The standard InChI is InChI=1S/C12H13BrClFO/c1-7(2)12(16)9(13)6-8-4-3-5-10(14)11(8)15/h3-5,7,9H,6H2,1-2H3. The van der Waals surface area contributed by atoms with E-state index in [1.807, 2.05) is 13.8 Å². The molecule has 0 radical (unpaired) electrons. The predicted octanol–water partition coefficient (Wildman–Crippen LogP) is 4.01. The van der Waals surface area contributed by atoms with Crippen molar-refractivity contribution in [3.8, 4) is 0 Å². The van der Waals surface area contributed by atoms with E-state index in [1.54, 1.807) is 12.1 Å². The fourth-order valence-electron chi connectivity index (χ4n) is 1.36. The molecule has 4 heteroatoms. The molecular weight excluding hydrogens is 294 g/mol. The highest BCUT2D eigenvalue weighted by atomic mass is 79.9. The molecule has 1 aromatic rings. The van der Waals surface area contributed by atoms with Gasteiger partial charge in [-0.1, -0.05) is 53.5 Å². The lowest BCUT2D eigenvalue weighted by molar-refractivity contribution is -0.121. The summed E-state index contributed by atoms with van der Waals surface area (Å²) in [6.45, 7) is 3.65. The van der Waals surface area contributed by atoms with Gasteiger partial charge in [0.25, 0.3) is 0 Å². The monoisotopic (exact) mass is 306 g/mol. The predicted molar refractivity (Wildman–Crippen MR) is 67.7 cm³/mol. The highest BCUT2D eigenvalue weighted by Crippen LogP contribution is 2.22. The number of benzene rings is 1. The van der Waals surface area contributed by atoms with Gasteiger partial charge in [0.1, 0.15) is 11.6 Å². The van der Waals surface area contributed by atoms with Gasteiger partial charge in [-0.05, 0) is 18.1 Å². The Hall–Kier alpha value is -0.410. The fourth-order valence-corrected chi connectivity index (χ4v) is 2.43. The molecule has 1 atom stereocenters. The van der Waals surface area contributed by atoms with Gasteiger partial charge in [-0.3, -0.25) is 4.79 Å². The van der Waals surface area contributed by atoms with Gasteiger partial charge < -0.3 is 0 Å². The van der Waals surface area contributed by atoms with E-state index in [0.29, 0.717) is 12.0 Å². The third kappa shape index (κ3) is 3.29. The van der Waals surface area contributed by atoms with Crippen molar-refractivity contribution >= 4 is 33.3 Å². The summed E-state index contributed by atoms with van der Waals surface area (Å²) in [5.74, 6) is -0.434.